The van der Waals surface area contributed by atoms with Gasteiger partial charge in [0.15, 0.2) is 0 Å². The topological polar surface area (TPSA) is 12.0 Å². The molecule has 0 fully saturated rings. The summed E-state index contributed by atoms with van der Waals surface area (Å²) < 4.78 is 1.36. The highest BCUT2D eigenvalue weighted by molar-refractivity contribution is 7.19. The predicted octanol–water partition coefficient (Wildman–Crippen LogP) is 3.57. The van der Waals surface area contributed by atoms with Gasteiger partial charge in [0.2, 0.25) is 0 Å². The first kappa shape index (κ1) is 10.4. The van der Waals surface area contributed by atoms with Gasteiger partial charge in [-0.1, -0.05) is 24.3 Å². The fraction of sp³-hybridized carbons (Fsp3) is 0.231. The average Bonchev–Trinajstić information content (AvgIpc) is 2.68. The predicted molar refractivity (Wildman–Crippen MR) is 68.3 cm³/mol. The first-order chi connectivity index (χ1) is 7.29. The van der Waals surface area contributed by atoms with Gasteiger partial charge in [-0.2, -0.15) is 0 Å². The van der Waals surface area contributed by atoms with E-state index >= 15 is 0 Å². The molecular formula is C13H15NS. The summed E-state index contributed by atoms with van der Waals surface area (Å²) in [5, 5.41) is 4.74. The Morgan fingerprint density at radius 1 is 1.47 bits per heavy atom. The minimum absolute atomic E-state index is 0.371. The van der Waals surface area contributed by atoms with Crippen LogP contribution in [0.4, 0.5) is 0 Å². The number of benzene rings is 1. The first-order valence-corrected chi connectivity index (χ1v) is 5.94. The summed E-state index contributed by atoms with van der Waals surface area (Å²) in [5.41, 5.74) is 0. The molecule has 2 rings (SSSR count). The molecule has 1 heterocycles. The van der Waals surface area contributed by atoms with Gasteiger partial charge in [0, 0.05) is 22.2 Å². The lowest BCUT2D eigenvalue weighted by Crippen LogP contribution is -2.22. The lowest BCUT2D eigenvalue weighted by atomic mass is 10.2. The highest BCUT2D eigenvalue weighted by atomic mass is 32.1. The molecule has 0 amide bonds. The van der Waals surface area contributed by atoms with Crippen LogP contribution in [0.1, 0.15) is 11.8 Å². The van der Waals surface area contributed by atoms with Gasteiger partial charge in [0.05, 0.1) is 0 Å². The third-order valence-electron chi connectivity index (χ3n) is 2.43. The molecule has 78 valence electrons. The van der Waals surface area contributed by atoms with Crippen LogP contribution in [0.25, 0.3) is 10.1 Å². The van der Waals surface area contributed by atoms with Crippen LogP contribution in [0.15, 0.2) is 43.0 Å². The Morgan fingerprint density at radius 2 is 2.27 bits per heavy atom. The largest absolute Gasteiger partial charge is 0.306 e. The van der Waals surface area contributed by atoms with Gasteiger partial charge in [0.25, 0.3) is 0 Å². The third kappa shape index (κ3) is 2.46. The maximum absolute atomic E-state index is 3.76. The van der Waals surface area contributed by atoms with Crippen molar-refractivity contribution in [2.24, 2.45) is 0 Å². The molecule has 0 spiro atoms. The van der Waals surface area contributed by atoms with E-state index < -0.39 is 0 Å². The monoisotopic (exact) mass is 217 g/mol. The van der Waals surface area contributed by atoms with Gasteiger partial charge in [-0.15, -0.1) is 17.9 Å². The van der Waals surface area contributed by atoms with Crippen LogP contribution in [0.5, 0.6) is 0 Å². The lowest BCUT2D eigenvalue weighted by molar-refractivity contribution is 0.640. The molecule has 2 heteroatoms. The Bertz CT molecular complexity index is 425. The fourth-order valence-electron chi connectivity index (χ4n) is 1.47. The maximum atomic E-state index is 3.76. The molecule has 0 radical (unpaired) electrons. The van der Waals surface area contributed by atoms with Crippen molar-refractivity contribution in [2.45, 2.75) is 19.5 Å². The Balaban J connectivity index is 2.12. The molecule has 0 aliphatic carbocycles. The van der Waals surface area contributed by atoms with Gasteiger partial charge in [0.1, 0.15) is 0 Å². The SMILES string of the molecule is C=CC(C)NCc1cc2ccccc2s1. The summed E-state index contributed by atoms with van der Waals surface area (Å²) in [6.45, 7) is 6.79. The van der Waals surface area contributed by atoms with E-state index in [2.05, 4.69) is 49.2 Å². The maximum Gasteiger partial charge on any atom is 0.0346 e. The van der Waals surface area contributed by atoms with Crippen LogP contribution in [-0.2, 0) is 6.54 Å². The summed E-state index contributed by atoms with van der Waals surface area (Å²) in [5.74, 6) is 0. The number of thiophene rings is 1. The van der Waals surface area contributed by atoms with E-state index in [4.69, 9.17) is 0 Å². The van der Waals surface area contributed by atoms with E-state index in [9.17, 15) is 0 Å². The van der Waals surface area contributed by atoms with Crippen LogP contribution in [0.3, 0.4) is 0 Å². The molecule has 0 aliphatic heterocycles. The van der Waals surface area contributed by atoms with Crippen LogP contribution in [-0.4, -0.2) is 6.04 Å². The number of nitrogens with one attached hydrogen (secondary N) is 1. The quantitative estimate of drug-likeness (QED) is 0.772. The Hall–Kier alpha value is -1.12. The highest BCUT2D eigenvalue weighted by Gasteiger charge is 2.01. The molecule has 0 bridgehead atoms. The summed E-state index contributed by atoms with van der Waals surface area (Å²) in [6, 6.07) is 11.1. The third-order valence-corrected chi connectivity index (χ3v) is 3.54. The zero-order valence-corrected chi connectivity index (χ0v) is 9.68. The smallest absolute Gasteiger partial charge is 0.0346 e. The van der Waals surface area contributed by atoms with Crippen molar-refractivity contribution < 1.29 is 0 Å². The molecule has 15 heavy (non-hydrogen) atoms. The first-order valence-electron chi connectivity index (χ1n) is 5.13. The second-order valence-electron chi connectivity index (χ2n) is 3.66. The molecule has 0 saturated heterocycles. The zero-order chi connectivity index (χ0) is 10.7. The standard InChI is InChI=1S/C13H15NS/c1-3-10(2)14-9-12-8-11-6-4-5-7-13(11)15-12/h3-8,10,14H,1,9H2,2H3. The van der Waals surface area contributed by atoms with Crippen molar-refractivity contribution in [3.63, 3.8) is 0 Å². The molecule has 1 nitrogen and oxygen atoms in total. The van der Waals surface area contributed by atoms with Crippen LogP contribution in [0, 0.1) is 0 Å². The Morgan fingerprint density at radius 3 is 3.00 bits per heavy atom. The number of rotatable bonds is 4. The molecular weight excluding hydrogens is 202 g/mol. The van der Waals surface area contributed by atoms with E-state index in [-0.39, 0.29) is 0 Å². The normalized spacial score (nSPS) is 12.9. The Labute approximate surface area is 94.4 Å². The fourth-order valence-corrected chi connectivity index (χ4v) is 2.48. The Kier molecular flexibility index (Phi) is 3.19. The molecule has 0 saturated carbocycles. The molecule has 2 aromatic rings. The van der Waals surface area contributed by atoms with Crippen molar-refractivity contribution >= 4 is 21.4 Å². The minimum atomic E-state index is 0.371. The molecule has 1 atom stereocenters. The second-order valence-corrected chi connectivity index (χ2v) is 4.82. The van der Waals surface area contributed by atoms with Crippen molar-refractivity contribution in [2.75, 3.05) is 0 Å². The van der Waals surface area contributed by atoms with Gasteiger partial charge >= 0.3 is 0 Å². The van der Waals surface area contributed by atoms with E-state index in [1.807, 2.05) is 17.4 Å². The zero-order valence-electron chi connectivity index (χ0n) is 8.86. The summed E-state index contributed by atoms with van der Waals surface area (Å²) in [6.07, 6.45) is 1.92. The van der Waals surface area contributed by atoms with Crippen LogP contribution >= 0.6 is 11.3 Å². The number of hydrogen-bond donors (Lipinski definition) is 1. The van der Waals surface area contributed by atoms with E-state index in [1.165, 1.54) is 15.0 Å². The molecule has 1 N–H and O–H groups in total. The van der Waals surface area contributed by atoms with Gasteiger partial charge in [-0.25, -0.2) is 0 Å². The van der Waals surface area contributed by atoms with Gasteiger partial charge in [-0.3, -0.25) is 0 Å². The lowest BCUT2D eigenvalue weighted by Gasteiger charge is -2.06. The minimum Gasteiger partial charge on any atom is -0.306 e. The van der Waals surface area contributed by atoms with Crippen molar-refractivity contribution in [1.29, 1.82) is 0 Å². The van der Waals surface area contributed by atoms with Crippen molar-refractivity contribution in [1.82, 2.24) is 5.32 Å². The second kappa shape index (κ2) is 4.60. The highest BCUT2D eigenvalue weighted by Crippen LogP contribution is 2.24. The number of fused-ring (bicyclic) bond motifs is 1. The van der Waals surface area contributed by atoms with Gasteiger partial charge < -0.3 is 5.32 Å². The van der Waals surface area contributed by atoms with Gasteiger partial charge in [-0.05, 0) is 24.4 Å². The summed E-state index contributed by atoms with van der Waals surface area (Å²) in [7, 11) is 0. The molecule has 1 aromatic carbocycles. The molecule has 0 aliphatic rings. The van der Waals surface area contributed by atoms with E-state index in [0.29, 0.717) is 6.04 Å². The molecule has 1 aromatic heterocycles. The summed E-state index contributed by atoms with van der Waals surface area (Å²) in [4.78, 5) is 1.38. The average molecular weight is 217 g/mol. The molecule has 1 unspecified atom stereocenters. The number of hydrogen-bond acceptors (Lipinski definition) is 2. The van der Waals surface area contributed by atoms with E-state index in [1.54, 1.807) is 0 Å². The summed E-state index contributed by atoms with van der Waals surface area (Å²) >= 11 is 1.85. The van der Waals surface area contributed by atoms with Crippen LogP contribution in [0.2, 0.25) is 0 Å². The van der Waals surface area contributed by atoms with Crippen molar-refractivity contribution in [3.8, 4) is 0 Å². The van der Waals surface area contributed by atoms with E-state index in [0.717, 1.165) is 6.54 Å². The van der Waals surface area contributed by atoms with Crippen LogP contribution < -0.4 is 5.32 Å². The van der Waals surface area contributed by atoms with Crippen molar-refractivity contribution in [3.05, 3.63) is 47.9 Å².